The van der Waals surface area contributed by atoms with Crippen molar-refractivity contribution < 1.29 is 29.0 Å². The van der Waals surface area contributed by atoms with E-state index in [1.165, 1.54) is 0 Å². The summed E-state index contributed by atoms with van der Waals surface area (Å²) in [6.45, 7) is 5.16. The molecule has 0 radical (unpaired) electrons. The number of carboxylic acid groups (broad SMARTS) is 1. The highest BCUT2D eigenvalue weighted by Gasteiger charge is 1.93. The zero-order chi connectivity index (χ0) is 13.0. The van der Waals surface area contributed by atoms with Crippen molar-refractivity contribution in [2.45, 2.75) is 6.92 Å². The number of aliphatic carboxylic acids is 1. The van der Waals surface area contributed by atoms with E-state index in [1.807, 2.05) is 0 Å². The quantitative estimate of drug-likeness (QED) is 0.411. The largest absolute Gasteiger partial charge is 0.478 e. The van der Waals surface area contributed by atoms with Crippen LogP contribution in [0.25, 0.3) is 0 Å². The van der Waals surface area contributed by atoms with Gasteiger partial charge < -0.3 is 20.3 Å². The Morgan fingerprint density at radius 3 is 2.19 bits per heavy atom. The molecule has 0 aromatic heterocycles. The second kappa shape index (κ2) is 10.8. The topological polar surface area (TPSA) is 116 Å². The van der Waals surface area contributed by atoms with Gasteiger partial charge in [-0.15, -0.1) is 0 Å². The van der Waals surface area contributed by atoms with Gasteiger partial charge in [0.05, 0.1) is 12.9 Å². The smallest absolute Gasteiger partial charge is 0.404 e. The van der Waals surface area contributed by atoms with E-state index in [2.05, 4.69) is 21.8 Å². The lowest BCUT2D eigenvalue weighted by atomic mass is 10.5. The van der Waals surface area contributed by atoms with Gasteiger partial charge in [0.2, 0.25) is 0 Å². The number of nitrogens with two attached hydrogens (primary N) is 1. The zero-order valence-electron chi connectivity index (χ0n) is 8.71. The number of rotatable bonds is 4. The van der Waals surface area contributed by atoms with Crippen LogP contribution in [0.4, 0.5) is 4.79 Å². The fourth-order valence-corrected chi connectivity index (χ4v) is 0.403. The summed E-state index contributed by atoms with van der Waals surface area (Å²) in [7, 11) is 0. The van der Waals surface area contributed by atoms with Crippen LogP contribution in [0.5, 0.6) is 0 Å². The fourth-order valence-electron chi connectivity index (χ4n) is 0.403. The molecule has 3 N–H and O–H groups in total. The highest BCUT2D eigenvalue weighted by atomic mass is 16.5. The van der Waals surface area contributed by atoms with Gasteiger partial charge in [0, 0.05) is 12.2 Å². The van der Waals surface area contributed by atoms with E-state index >= 15 is 0 Å². The molecule has 0 saturated carbocycles. The molecule has 0 atom stereocenters. The highest BCUT2D eigenvalue weighted by molar-refractivity contribution is 5.90. The molecule has 0 bridgehead atoms. The van der Waals surface area contributed by atoms with Crippen LogP contribution < -0.4 is 5.73 Å². The molecule has 0 unspecified atom stereocenters. The molecule has 7 nitrogen and oxygen atoms in total. The summed E-state index contributed by atoms with van der Waals surface area (Å²) < 4.78 is 8.35. The summed E-state index contributed by atoms with van der Waals surface area (Å²) in [5.41, 5.74) is 4.54. The number of primary amides is 1. The molecule has 0 aliphatic heterocycles. The third kappa shape index (κ3) is 17.7. The zero-order valence-corrected chi connectivity index (χ0v) is 8.71. The number of esters is 1. The first-order valence-electron chi connectivity index (χ1n) is 4.08. The minimum absolute atomic E-state index is 0.356. The van der Waals surface area contributed by atoms with E-state index in [9.17, 15) is 14.4 Å². The molecule has 16 heavy (non-hydrogen) atoms. The predicted octanol–water partition coefficient (Wildman–Crippen LogP) is 0.416. The van der Waals surface area contributed by atoms with E-state index in [0.717, 1.165) is 12.3 Å². The molecule has 90 valence electrons. The second-order valence-electron chi connectivity index (χ2n) is 2.03. The Bertz CT molecular complexity index is 284. The molecule has 0 saturated heterocycles. The molecule has 1 amide bonds. The summed E-state index contributed by atoms with van der Waals surface area (Å²) in [6, 6.07) is 0. The summed E-state index contributed by atoms with van der Waals surface area (Å²) in [5.74, 6) is -1.95. The normalized spacial score (nSPS) is 8.56. The number of hydrogen-bond donors (Lipinski definition) is 2. The molecular weight excluding hydrogens is 218 g/mol. The number of amides is 1. The number of carbonyl (C=O) groups is 3. The first kappa shape index (κ1) is 16.1. The first-order valence-corrected chi connectivity index (χ1v) is 4.08. The van der Waals surface area contributed by atoms with Crippen molar-refractivity contribution in [3.05, 3.63) is 25.0 Å². The van der Waals surface area contributed by atoms with E-state index in [4.69, 9.17) is 5.11 Å². The maximum absolute atomic E-state index is 10.3. The average molecular weight is 231 g/mol. The van der Waals surface area contributed by atoms with Crippen LogP contribution in [-0.4, -0.2) is 29.7 Å². The standard InChI is InChI=1S/C6H6O4.C3H7NO2/c1-2-10-6(9)4-3-5(7)8;1-2-6-3(4)5/h2-4H,1H2,(H,7,8);2H2,1H3,(H2,4,5). The molecule has 0 spiro atoms. The van der Waals surface area contributed by atoms with Gasteiger partial charge in [0.25, 0.3) is 0 Å². The van der Waals surface area contributed by atoms with Gasteiger partial charge in [0.15, 0.2) is 0 Å². The van der Waals surface area contributed by atoms with Crippen LogP contribution in [-0.2, 0) is 19.1 Å². The van der Waals surface area contributed by atoms with E-state index in [0.29, 0.717) is 12.7 Å². The SMILES string of the molecule is C=COC(=O)C=CC(=O)O.CCOC(N)=O. The minimum atomic E-state index is -1.19. The first-order chi connectivity index (χ1) is 7.43. The van der Waals surface area contributed by atoms with E-state index in [1.54, 1.807) is 6.92 Å². The van der Waals surface area contributed by atoms with Crippen LogP contribution in [0.3, 0.4) is 0 Å². The average Bonchev–Trinajstić information content (AvgIpc) is 2.16. The maximum atomic E-state index is 10.3. The van der Waals surface area contributed by atoms with Gasteiger partial charge in [-0.05, 0) is 6.92 Å². The Balaban J connectivity index is 0. The van der Waals surface area contributed by atoms with E-state index in [-0.39, 0.29) is 0 Å². The Kier molecular flexibility index (Phi) is 10.9. The van der Waals surface area contributed by atoms with Crippen molar-refractivity contribution in [3.63, 3.8) is 0 Å². The lowest BCUT2D eigenvalue weighted by Gasteiger charge is -1.89. The predicted molar refractivity (Wildman–Crippen MR) is 54.3 cm³/mol. The molecule has 0 heterocycles. The Morgan fingerprint density at radius 2 is 1.94 bits per heavy atom. The molecule has 0 aromatic carbocycles. The van der Waals surface area contributed by atoms with Gasteiger partial charge >= 0.3 is 18.0 Å². The van der Waals surface area contributed by atoms with Gasteiger partial charge in [0.1, 0.15) is 0 Å². The maximum Gasteiger partial charge on any atom is 0.404 e. The van der Waals surface area contributed by atoms with Crippen molar-refractivity contribution in [2.75, 3.05) is 6.61 Å². The van der Waals surface area contributed by atoms with Crippen LogP contribution in [0.1, 0.15) is 6.92 Å². The Morgan fingerprint density at radius 1 is 1.38 bits per heavy atom. The van der Waals surface area contributed by atoms with Crippen molar-refractivity contribution in [2.24, 2.45) is 5.73 Å². The van der Waals surface area contributed by atoms with Crippen LogP contribution in [0.15, 0.2) is 25.0 Å². The highest BCUT2D eigenvalue weighted by Crippen LogP contribution is 1.80. The minimum Gasteiger partial charge on any atom is -0.478 e. The number of carboxylic acids is 1. The second-order valence-corrected chi connectivity index (χ2v) is 2.03. The lowest BCUT2D eigenvalue weighted by Crippen LogP contribution is -2.11. The van der Waals surface area contributed by atoms with Crippen molar-refractivity contribution in [1.29, 1.82) is 0 Å². The lowest BCUT2D eigenvalue weighted by molar-refractivity contribution is -0.134. The molecule has 0 rings (SSSR count). The van der Waals surface area contributed by atoms with Gasteiger partial charge in [-0.1, -0.05) is 6.58 Å². The van der Waals surface area contributed by atoms with Gasteiger partial charge in [-0.3, -0.25) is 0 Å². The summed E-state index contributed by atoms with van der Waals surface area (Å²) in [4.78, 5) is 29.7. The summed E-state index contributed by atoms with van der Waals surface area (Å²) in [5, 5.41) is 8.01. The molecule has 0 aliphatic carbocycles. The van der Waals surface area contributed by atoms with Crippen molar-refractivity contribution in [3.8, 4) is 0 Å². The fraction of sp³-hybridized carbons (Fsp3) is 0.222. The van der Waals surface area contributed by atoms with Crippen molar-refractivity contribution in [1.82, 2.24) is 0 Å². The monoisotopic (exact) mass is 231 g/mol. The molecule has 0 aliphatic rings. The van der Waals surface area contributed by atoms with Gasteiger partial charge in [-0.25, -0.2) is 14.4 Å². The van der Waals surface area contributed by atoms with Crippen LogP contribution in [0.2, 0.25) is 0 Å². The third-order valence-corrected chi connectivity index (χ3v) is 0.848. The van der Waals surface area contributed by atoms with Crippen molar-refractivity contribution >= 4 is 18.0 Å². The summed E-state index contributed by atoms with van der Waals surface area (Å²) in [6.07, 6.45) is 1.70. The van der Waals surface area contributed by atoms with Crippen LogP contribution >= 0.6 is 0 Å². The number of ether oxygens (including phenoxy) is 2. The third-order valence-electron chi connectivity index (χ3n) is 0.848. The Hall–Kier alpha value is -2.31. The molecular formula is C9H13NO6. The number of hydrogen-bond acceptors (Lipinski definition) is 5. The molecule has 0 fully saturated rings. The summed E-state index contributed by atoms with van der Waals surface area (Å²) >= 11 is 0. The molecule has 0 aromatic rings. The van der Waals surface area contributed by atoms with E-state index < -0.39 is 18.0 Å². The van der Waals surface area contributed by atoms with Crippen LogP contribution in [0, 0.1) is 0 Å². The molecule has 7 heteroatoms. The Labute approximate surface area is 92.1 Å². The number of carbonyl (C=O) groups excluding carboxylic acids is 2. The van der Waals surface area contributed by atoms with Gasteiger partial charge in [-0.2, -0.15) is 0 Å².